The average molecular weight is 462 g/mol. The minimum Gasteiger partial charge on any atom is -0.390 e. The molecule has 2 fully saturated rings. The zero-order chi connectivity index (χ0) is 23.2. The standard InChI is InChI=1S/C20H39N5O5S/c1-16(26)24(12-11-23(2)10-9-22-15-31(3,29)30)13-18(27)14-25-17-5-4-7-20(25,8-6-17)19(21)28/h17-18,22,27H,4-15H2,1-3H3,(H2,21,28)/t17-,18?,20+/m1/s1. The molecule has 2 aliphatic rings. The second kappa shape index (κ2) is 11.0. The maximum atomic E-state index is 12.2. The fourth-order valence-corrected chi connectivity index (χ4v) is 5.33. The summed E-state index contributed by atoms with van der Waals surface area (Å²) < 4.78 is 22.3. The van der Waals surface area contributed by atoms with E-state index in [9.17, 15) is 23.1 Å². The van der Waals surface area contributed by atoms with Gasteiger partial charge in [-0.3, -0.25) is 14.5 Å². The van der Waals surface area contributed by atoms with Crippen LogP contribution in [0.5, 0.6) is 0 Å². The van der Waals surface area contributed by atoms with Crippen molar-refractivity contribution in [3.63, 3.8) is 0 Å². The number of aliphatic hydroxyl groups excluding tert-OH is 1. The Labute approximate surface area is 186 Å². The lowest BCUT2D eigenvalue weighted by Crippen LogP contribution is -2.60. The van der Waals surface area contributed by atoms with E-state index in [1.165, 1.54) is 13.2 Å². The van der Waals surface area contributed by atoms with Gasteiger partial charge in [-0.15, -0.1) is 0 Å². The number of primary amides is 1. The van der Waals surface area contributed by atoms with Crippen molar-refractivity contribution in [1.82, 2.24) is 20.0 Å². The van der Waals surface area contributed by atoms with Gasteiger partial charge in [0.25, 0.3) is 0 Å². The van der Waals surface area contributed by atoms with Gasteiger partial charge < -0.3 is 26.0 Å². The number of nitrogens with one attached hydrogen (secondary N) is 1. The topological polar surface area (TPSA) is 136 Å². The third-order valence-electron chi connectivity index (χ3n) is 6.54. The zero-order valence-electron chi connectivity index (χ0n) is 19.0. The van der Waals surface area contributed by atoms with Crippen molar-refractivity contribution in [3.05, 3.63) is 0 Å². The number of carbonyl (C=O) groups is 2. The molecule has 2 rings (SSSR count). The van der Waals surface area contributed by atoms with Crippen LogP contribution in [0.3, 0.4) is 0 Å². The number of hydrogen-bond acceptors (Lipinski definition) is 8. The van der Waals surface area contributed by atoms with Crippen LogP contribution in [0.2, 0.25) is 0 Å². The number of carbonyl (C=O) groups excluding carboxylic acids is 2. The maximum absolute atomic E-state index is 12.2. The minimum atomic E-state index is -3.04. The molecule has 0 aromatic carbocycles. The Morgan fingerprint density at radius 2 is 1.97 bits per heavy atom. The highest BCUT2D eigenvalue weighted by molar-refractivity contribution is 7.90. The molecule has 31 heavy (non-hydrogen) atoms. The molecular formula is C20H39N5O5S. The van der Waals surface area contributed by atoms with E-state index in [1.807, 2.05) is 11.9 Å². The van der Waals surface area contributed by atoms with E-state index >= 15 is 0 Å². The summed E-state index contributed by atoms with van der Waals surface area (Å²) in [6, 6.07) is 0.271. The van der Waals surface area contributed by atoms with Crippen LogP contribution in [0.25, 0.3) is 0 Å². The Morgan fingerprint density at radius 1 is 1.26 bits per heavy atom. The molecule has 2 aliphatic heterocycles. The van der Waals surface area contributed by atoms with Gasteiger partial charge in [0.05, 0.1) is 12.0 Å². The summed E-state index contributed by atoms with van der Waals surface area (Å²) in [5.41, 5.74) is 5.09. The molecule has 0 aromatic heterocycles. The number of sulfone groups is 1. The molecular weight excluding hydrogens is 422 g/mol. The van der Waals surface area contributed by atoms with Crippen LogP contribution in [-0.4, -0.2) is 116 Å². The van der Waals surface area contributed by atoms with Crippen LogP contribution in [-0.2, 0) is 19.4 Å². The summed E-state index contributed by atoms with van der Waals surface area (Å²) in [4.78, 5) is 30.0. The van der Waals surface area contributed by atoms with Crippen LogP contribution in [0.1, 0.15) is 39.0 Å². The van der Waals surface area contributed by atoms with Crippen LogP contribution in [0, 0.1) is 0 Å². The fourth-order valence-electron chi connectivity index (χ4n) is 4.81. The monoisotopic (exact) mass is 461 g/mol. The lowest BCUT2D eigenvalue weighted by Gasteiger charge is -2.44. The molecule has 2 bridgehead atoms. The first-order valence-electron chi connectivity index (χ1n) is 11.0. The van der Waals surface area contributed by atoms with Gasteiger partial charge in [0.2, 0.25) is 11.8 Å². The quantitative estimate of drug-likeness (QED) is 0.285. The predicted molar refractivity (Wildman–Crippen MR) is 119 cm³/mol. The molecule has 2 saturated heterocycles. The largest absolute Gasteiger partial charge is 0.390 e. The molecule has 10 nitrogen and oxygen atoms in total. The van der Waals surface area contributed by atoms with Gasteiger partial charge in [0.15, 0.2) is 9.84 Å². The molecule has 0 spiro atoms. The second-order valence-corrected chi connectivity index (χ2v) is 11.3. The third kappa shape index (κ3) is 7.38. The lowest BCUT2D eigenvalue weighted by atomic mass is 9.87. The molecule has 2 heterocycles. The summed E-state index contributed by atoms with van der Waals surface area (Å²) in [6.07, 6.45) is 4.81. The van der Waals surface area contributed by atoms with E-state index in [2.05, 4.69) is 10.2 Å². The van der Waals surface area contributed by atoms with Crippen LogP contribution >= 0.6 is 0 Å². The zero-order valence-corrected chi connectivity index (χ0v) is 19.9. The first kappa shape index (κ1) is 26.0. The van der Waals surface area contributed by atoms with Crippen LogP contribution < -0.4 is 11.1 Å². The van der Waals surface area contributed by atoms with Crippen molar-refractivity contribution in [2.45, 2.75) is 56.7 Å². The van der Waals surface area contributed by atoms with Gasteiger partial charge in [-0.25, -0.2) is 8.42 Å². The number of aliphatic hydroxyl groups is 1. The van der Waals surface area contributed by atoms with Crippen molar-refractivity contribution in [1.29, 1.82) is 0 Å². The smallest absolute Gasteiger partial charge is 0.237 e. The SMILES string of the molecule is CC(=O)N(CCN(C)CCNCS(C)(=O)=O)CC(O)CN1[C@@H]2CCC[C@@]1(C(N)=O)CC2. The lowest BCUT2D eigenvalue weighted by molar-refractivity contribution is -0.135. The highest BCUT2D eigenvalue weighted by Gasteiger charge is 2.52. The molecule has 1 unspecified atom stereocenters. The van der Waals surface area contributed by atoms with Crippen molar-refractivity contribution >= 4 is 21.7 Å². The molecule has 0 radical (unpaired) electrons. The number of likely N-dealkylation sites (N-methyl/N-ethyl adjacent to an activating group) is 1. The summed E-state index contributed by atoms with van der Waals surface area (Å²) in [5, 5.41) is 13.6. The Balaban J connectivity index is 1.82. The van der Waals surface area contributed by atoms with E-state index in [0.29, 0.717) is 32.7 Å². The molecule has 180 valence electrons. The van der Waals surface area contributed by atoms with Gasteiger partial charge in [-0.1, -0.05) is 0 Å². The number of nitrogens with two attached hydrogens (primary N) is 1. The first-order chi connectivity index (χ1) is 14.4. The Bertz CT molecular complexity index is 729. The highest BCUT2D eigenvalue weighted by atomic mass is 32.2. The Kier molecular flexibility index (Phi) is 9.26. The molecule has 0 aliphatic carbocycles. The van der Waals surface area contributed by atoms with E-state index < -0.39 is 21.5 Å². The summed E-state index contributed by atoms with van der Waals surface area (Å²) in [6.45, 7) is 4.24. The highest BCUT2D eigenvalue weighted by Crippen LogP contribution is 2.43. The number of rotatable bonds is 13. The van der Waals surface area contributed by atoms with Crippen molar-refractivity contribution in [2.24, 2.45) is 5.73 Å². The number of fused-ring (bicyclic) bond motifs is 2. The van der Waals surface area contributed by atoms with Gasteiger partial charge in [0.1, 0.15) is 5.54 Å². The van der Waals surface area contributed by atoms with Gasteiger partial charge >= 0.3 is 0 Å². The van der Waals surface area contributed by atoms with Crippen LogP contribution in [0.4, 0.5) is 0 Å². The van der Waals surface area contributed by atoms with Crippen molar-refractivity contribution in [3.8, 4) is 0 Å². The Morgan fingerprint density at radius 3 is 2.58 bits per heavy atom. The van der Waals surface area contributed by atoms with Gasteiger partial charge in [-0.05, 0) is 39.2 Å². The van der Waals surface area contributed by atoms with Crippen molar-refractivity contribution in [2.75, 3.05) is 58.4 Å². The summed E-state index contributed by atoms with van der Waals surface area (Å²) >= 11 is 0. The van der Waals surface area contributed by atoms with Crippen LogP contribution in [0.15, 0.2) is 0 Å². The average Bonchev–Trinajstić information content (AvgIpc) is 2.86. The number of piperidine rings is 1. The third-order valence-corrected chi connectivity index (χ3v) is 7.27. The maximum Gasteiger partial charge on any atom is 0.237 e. The summed E-state index contributed by atoms with van der Waals surface area (Å²) in [5.74, 6) is -0.484. The number of amides is 2. The number of β-amino-alcohol motifs (C(OH)–C–C–N with tert-alkyl or cyclic N) is 1. The normalized spacial score (nSPS) is 25.0. The van der Waals surface area contributed by atoms with Crippen molar-refractivity contribution < 1.29 is 23.1 Å². The molecule has 0 aromatic rings. The molecule has 11 heteroatoms. The number of nitrogens with zero attached hydrogens (tertiary/aromatic N) is 3. The fraction of sp³-hybridized carbons (Fsp3) is 0.900. The first-order valence-corrected chi connectivity index (χ1v) is 13.1. The minimum absolute atomic E-state index is 0.0586. The second-order valence-electron chi connectivity index (χ2n) is 9.13. The Hall–Kier alpha value is -1.27. The molecule has 4 N–H and O–H groups in total. The van der Waals surface area contributed by atoms with E-state index in [-0.39, 0.29) is 30.3 Å². The van der Waals surface area contributed by atoms with Gasteiger partial charge in [0, 0.05) is 58.5 Å². The van der Waals surface area contributed by atoms with Gasteiger partial charge in [-0.2, -0.15) is 0 Å². The van der Waals surface area contributed by atoms with E-state index in [1.54, 1.807) is 4.90 Å². The predicted octanol–water partition coefficient (Wildman–Crippen LogP) is -1.41. The molecule has 0 saturated carbocycles. The number of hydrogen-bond donors (Lipinski definition) is 3. The van der Waals surface area contributed by atoms with E-state index in [4.69, 9.17) is 5.73 Å². The molecule has 3 atom stereocenters. The summed E-state index contributed by atoms with van der Waals surface area (Å²) in [7, 11) is -1.14. The molecule has 2 amide bonds. The van der Waals surface area contributed by atoms with E-state index in [0.717, 1.165) is 32.1 Å².